The second-order valence-electron chi connectivity index (χ2n) is 5.46. The molecule has 0 saturated carbocycles. The third-order valence-corrected chi connectivity index (χ3v) is 5.17. The SMILES string of the molecule is O=C(Nc1cccc(Cl)c1)c1ccc(S(=O)(=O)Nc2ccccc2)cc1. The van der Waals surface area contributed by atoms with Crippen LogP contribution in [0.5, 0.6) is 0 Å². The predicted molar refractivity (Wildman–Crippen MR) is 103 cm³/mol. The Morgan fingerprint density at radius 1 is 0.808 bits per heavy atom. The lowest BCUT2D eigenvalue weighted by Gasteiger charge is -2.09. The molecule has 0 heterocycles. The number of carbonyl (C=O) groups is 1. The molecule has 0 radical (unpaired) electrons. The van der Waals surface area contributed by atoms with Gasteiger partial charge in [0.2, 0.25) is 0 Å². The Balaban J connectivity index is 1.74. The molecule has 0 saturated heterocycles. The van der Waals surface area contributed by atoms with Gasteiger partial charge in [-0.25, -0.2) is 8.42 Å². The van der Waals surface area contributed by atoms with Gasteiger partial charge in [-0.15, -0.1) is 0 Å². The minimum Gasteiger partial charge on any atom is -0.322 e. The van der Waals surface area contributed by atoms with E-state index in [1.165, 1.54) is 24.3 Å². The molecule has 0 fully saturated rings. The molecule has 3 aromatic rings. The average molecular weight is 387 g/mol. The fourth-order valence-corrected chi connectivity index (χ4v) is 3.52. The van der Waals surface area contributed by atoms with E-state index in [2.05, 4.69) is 10.0 Å². The lowest BCUT2D eigenvalue weighted by molar-refractivity contribution is 0.102. The van der Waals surface area contributed by atoms with Gasteiger partial charge in [0.1, 0.15) is 0 Å². The molecular formula is C19H15ClN2O3S. The molecule has 0 aromatic heterocycles. The number of nitrogens with one attached hydrogen (secondary N) is 2. The topological polar surface area (TPSA) is 75.3 Å². The van der Waals surface area contributed by atoms with E-state index in [4.69, 9.17) is 11.6 Å². The van der Waals surface area contributed by atoms with Crippen molar-refractivity contribution in [2.24, 2.45) is 0 Å². The van der Waals surface area contributed by atoms with Crippen molar-refractivity contribution in [3.8, 4) is 0 Å². The van der Waals surface area contributed by atoms with Crippen molar-refractivity contribution < 1.29 is 13.2 Å². The first-order valence-electron chi connectivity index (χ1n) is 7.69. The summed E-state index contributed by atoms with van der Waals surface area (Å²) in [6, 6.07) is 21.0. The molecule has 7 heteroatoms. The normalized spacial score (nSPS) is 11.0. The average Bonchev–Trinajstić information content (AvgIpc) is 2.62. The number of hydrogen-bond donors (Lipinski definition) is 2. The zero-order valence-corrected chi connectivity index (χ0v) is 15.1. The molecule has 0 bridgehead atoms. The van der Waals surface area contributed by atoms with Crippen LogP contribution in [0.3, 0.4) is 0 Å². The number of sulfonamides is 1. The molecule has 2 N–H and O–H groups in total. The molecule has 3 rings (SSSR count). The van der Waals surface area contributed by atoms with Crippen molar-refractivity contribution in [1.82, 2.24) is 0 Å². The van der Waals surface area contributed by atoms with E-state index in [1.54, 1.807) is 54.6 Å². The number of halogens is 1. The number of rotatable bonds is 5. The van der Waals surface area contributed by atoms with Gasteiger partial charge in [-0.1, -0.05) is 35.9 Å². The second kappa shape index (κ2) is 7.59. The standard InChI is InChI=1S/C19H15ClN2O3S/c20-15-5-4-8-17(13-15)21-19(23)14-9-11-18(12-10-14)26(24,25)22-16-6-2-1-3-7-16/h1-13,22H,(H,21,23). The van der Waals surface area contributed by atoms with Crippen molar-refractivity contribution in [3.05, 3.63) is 89.4 Å². The Kier molecular flexibility index (Phi) is 5.25. The van der Waals surface area contributed by atoms with Crippen LogP contribution in [0, 0.1) is 0 Å². The summed E-state index contributed by atoms with van der Waals surface area (Å²) in [4.78, 5) is 12.3. The number of hydrogen-bond acceptors (Lipinski definition) is 3. The highest BCUT2D eigenvalue weighted by Crippen LogP contribution is 2.18. The summed E-state index contributed by atoms with van der Waals surface area (Å²) in [6.45, 7) is 0. The fourth-order valence-electron chi connectivity index (χ4n) is 2.28. The molecule has 0 aliphatic heterocycles. The molecule has 1 amide bonds. The first-order chi connectivity index (χ1) is 12.4. The van der Waals surface area contributed by atoms with Crippen molar-refractivity contribution in [3.63, 3.8) is 0 Å². The summed E-state index contributed by atoms with van der Waals surface area (Å²) < 4.78 is 27.3. The molecule has 26 heavy (non-hydrogen) atoms. The maximum Gasteiger partial charge on any atom is 0.261 e. The number of amides is 1. The monoisotopic (exact) mass is 386 g/mol. The van der Waals surface area contributed by atoms with E-state index in [9.17, 15) is 13.2 Å². The van der Waals surface area contributed by atoms with E-state index in [1.807, 2.05) is 0 Å². The fraction of sp³-hybridized carbons (Fsp3) is 0. The van der Waals surface area contributed by atoms with Gasteiger partial charge in [0.15, 0.2) is 0 Å². The Labute approximate surface area is 156 Å². The first-order valence-corrected chi connectivity index (χ1v) is 9.55. The molecule has 0 aliphatic rings. The summed E-state index contributed by atoms with van der Waals surface area (Å²) in [5.74, 6) is -0.354. The van der Waals surface area contributed by atoms with E-state index in [0.29, 0.717) is 22.0 Å². The summed E-state index contributed by atoms with van der Waals surface area (Å²) in [5, 5.41) is 3.22. The molecule has 132 valence electrons. The van der Waals surface area contributed by atoms with Crippen LogP contribution >= 0.6 is 11.6 Å². The molecule has 5 nitrogen and oxygen atoms in total. The van der Waals surface area contributed by atoms with Gasteiger partial charge in [0.05, 0.1) is 4.90 Å². The van der Waals surface area contributed by atoms with Crippen LogP contribution in [-0.4, -0.2) is 14.3 Å². The van der Waals surface area contributed by atoms with Crippen LogP contribution in [0.15, 0.2) is 83.8 Å². The van der Waals surface area contributed by atoms with Crippen LogP contribution in [0.1, 0.15) is 10.4 Å². The predicted octanol–water partition coefficient (Wildman–Crippen LogP) is 4.39. The zero-order chi connectivity index (χ0) is 18.6. The molecular weight excluding hydrogens is 372 g/mol. The van der Waals surface area contributed by atoms with Gasteiger partial charge < -0.3 is 5.32 Å². The van der Waals surface area contributed by atoms with E-state index in [-0.39, 0.29) is 10.8 Å². The molecule has 0 aliphatic carbocycles. The van der Waals surface area contributed by atoms with Crippen molar-refractivity contribution in [2.45, 2.75) is 4.90 Å². The van der Waals surface area contributed by atoms with E-state index < -0.39 is 10.0 Å². The van der Waals surface area contributed by atoms with Gasteiger partial charge in [-0.05, 0) is 54.6 Å². The van der Waals surface area contributed by atoms with Crippen LogP contribution in [0.2, 0.25) is 5.02 Å². The quantitative estimate of drug-likeness (QED) is 0.682. The zero-order valence-electron chi connectivity index (χ0n) is 13.5. The minimum absolute atomic E-state index is 0.0701. The highest BCUT2D eigenvalue weighted by atomic mass is 35.5. The lowest BCUT2D eigenvalue weighted by atomic mass is 10.2. The van der Waals surface area contributed by atoms with Gasteiger partial charge in [-0.3, -0.25) is 9.52 Å². The van der Waals surface area contributed by atoms with Gasteiger partial charge in [0.25, 0.3) is 15.9 Å². The molecule has 0 spiro atoms. The minimum atomic E-state index is -3.72. The third-order valence-electron chi connectivity index (χ3n) is 3.54. The van der Waals surface area contributed by atoms with Gasteiger partial charge >= 0.3 is 0 Å². The van der Waals surface area contributed by atoms with Crippen LogP contribution in [-0.2, 0) is 10.0 Å². The lowest BCUT2D eigenvalue weighted by Crippen LogP contribution is -2.14. The second-order valence-corrected chi connectivity index (χ2v) is 7.58. The Morgan fingerprint density at radius 3 is 2.12 bits per heavy atom. The highest BCUT2D eigenvalue weighted by Gasteiger charge is 2.15. The Bertz CT molecular complexity index is 1020. The smallest absolute Gasteiger partial charge is 0.261 e. The molecule has 0 unspecified atom stereocenters. The largest absolute Gasteiger partial charge is 0.322 e. The van der Waals surface area contributed by atoms with Crippen LogP contribution < -0.4 is 10.0 Å². The summed E-state index contributed by atoms with van der Waals surface area (Å²) in [5.41, 5.74) is 1.36. The van der Waals surface area contributed by atoms with Crippen LogP contribution in [0.25, 0.3) is 0 Å². The van der Waals surface area contributed by atoms with Crippen molar-refractivity contribution >= 4 is 38.9 Å². The summed E-state index contributed by atoms with van der Waals surface area (Å²) in [7, 11) is -3.72. The number of anilines is 2. The maximum absolute atomic E-state index is 12.4. The van der Waals surface area contributed by atoms with Crippen LogP contribution in [0.4, 0.5) is 11.4 Å². The highest BCUT2D eigenvalue weighted by molar-refractivity contribution is 7.92. The Morgan fingerprint density at radius 2 is 1.46 bits per heavy atom. The maximum atomic E-state index is 12.4. The summed E-state index contributed by atoms with van der Waals surface area (Å²) in [6.07, 6.45) is 0. The van der Waals surface area contributed by atoms with E-state index >= 15 is 0 Å². The van der Waals surface area contributed by atoms with Crippen molar-refractivity contribution in [1.29, 1.82) is 0 Å². The van der Waals surface area contributed by atoms with Gasteiger partial charge in [0, 0.05) is 22.0 Å². The number of para-hydroxylation sites is 1. The van der Waals surface area contributed by atoms with Crippen molar-refractivity contribution in [2.75, 3.05) is 10.0 Å². The van der Waals surface area contributed by atoms with Gasteiger partial charge in [-0.2, -0.15) is 0 Å². The third kappa shape index (κ3) is 4.41. The number of benzene rings is 3. The first kappa shape index (κ1) is 18.0. The van der Waals surface area contributed by atoms with E-state index in [0.717, 1.165) is 0 Å². The summed E-state index contributed by atoms with van der Waals surface area (Å²) >= 11 is 5.89. The molecule has 0 atom stereocenters. The number of carbonyl (C=O) groups excluding carboxylic acids is 1. The molecule has 3 aromatic carbocycles. The Hall–Kier alpha value is -2.83.